The zero-order valence-corrected chi connectivity index (χ0v) is 20.5. The molecule has 3 rings (SSSR count). The highest BCUT2D eigenvalue weighted by Crippen LogP contribution is 2.37. The van der Waals surface area contributed by atoms with E-state index in [0.29, 0.717) is 13.2 Å². The lowest BCUT2D eigenvalue weighted by atomic mass is 9.89. The lowest BCUT2D eigenvalue weighted by Crippen LogP contribution is -2.63. The van der Waals surface area contributed by atoms with E-state index in [2.05, 4.69) is 6.58 Å². The highest BCUT2D eigenvalue weighted by atomic mass is 16.8. The standard InChI is InChI=1S/C24H30O12/c1-6-17-18-7-8-29-9-16(18)10-31-23(17)36-24-22(34-15(5)28)21(33-14(4)27)20(32-13(3)26)19(35-24)11-30-12(2)25/h6-7,10,17,19-24H,1,8-9,11H2,2-5H3/t17-,19+,20+,21-,22+,23+,24+/m1/s1. The third-order valence-corrected chi connectivity index (χ3v) is 5.52. The topological polar surface area (TPSA) is 142 Å². The molecule has 0 aliphatic carbocycles. The summed E-state index contributed by atoms with van der Waals surface area (Å²) in [5.41, 5.74) is 1.73. The van der Waals surface area contributed by atoms with Crippen molar-refractivity contribution in [2.45, 2.75) is 64.7 Å². The fourth-order valence-corrected chi connectivity index (χ4v) is 4.15. The van der Waals surface area contributed by atoms with Gasteiger partial charge in [-0.1, -0.05) is 12.2 Å². The van der Waals surface area contributed by atoms with Gasteiger partial charge in [0.15, 0.2) is 18.3 Å². The minimum atomic E-state index is -1.37. The van der Waals surface area contributed by atoms with Crippen molar-refractivity contribution in [3.8, 4) is 0 Å². The summed E-state index contributed by atoms with van der Waals surface area (Å²) < 4.78 is 44.6. The predicted molar refractivity (Wildman–Crippen MR) is 119 cm³/mol. The number of hydrogen-bond acceptors (Lipinski definition) is 12. The highest BCUT2D eigenvalue weighted by Gasteiger charge is 2.54. The van der Waals surface area contributed by atoms with Crippen molar-refractivity contribution in [1.29, 1.82) is 0 Å². The monoisotopic (exact) mass is 510 g/mol. The second-order valence-electron chi connectivity index (χ2n) is 8.29. The number of ether oxygens (including phenoxy) is 8. The first-order valence-electron chi connectivity index (χ1n) is 11.3. The molecule has 0 amide bonds. The van der Waals surface area contributed by atoms with E-state index in [1.54, 1.807) is 6.08 Å². The number of esters is 4. The first kappa shape index (κ1) is 27.4. The SMILES string of the molecule is C=C[C@@H]1C2=CCOCC2=CO[C@H]1O[C@@H]1O[C@@H](COC(C)=O)[C@H](OC(C)=O)[C@@H](OC(C)=O)[C@@H]1OC(C)=O. The van der Waals surface area contributed by atoms with Crippen LogP contribution in [0.4, 0.5) is 0 Å². The zero-order valence-electron chi connectivity index (χ0n) is 20.5. The lowest BCUT2D eigenvalue weighted by Gasteiger charge is -2.45. The molecule has 0 aromatic carbocycles. The van der Waals surface area contributed by atoms with Gasteiger partial charge in [0.25, 0.3) is 0 Å². The number of carbonyl (C=O) groups is 4. The van der Waals surface area contributed by atoms with Crippen LogP contribution in [0.1, 0.15) is 27.7 Å². The van der Waals surface area contributed by atoms with Gasteiger partial charge in [-0.15, -0.1) is 6.58 Å². The van der Waals surface area contributed by atoms with Crippen LogP contribution in [0.15, 0.2) is 36.1 Å². The Labute approximate surface area is 208 Å². The molecule has 0 radical (unpaired) electrons. The molecule has 36 heavy (non-hydrogen) atoms. The summed E-state index contributed by atoms with van der Waals surface area (Å²) in [6, 6.07) is 0. The van der Waals surface area contributed by atoms with Crippen molar-refractivity contribution in [1.82, 2.24) is 0 Å². The van der Waals surface area contributed by atoms with Crippen LogP contribution in [-0.4, -0.2) is 80.7 Å². The van der Waals surface area contributed by atoms with Gasteiger partial charge < -0.3 is 37.9 Å². The van der Waals surface area contributed by atoms with Crippen LogP contribution in [0, 0.1) is 5.92 Å². The minimum absolute atomic E-state index is 0.360. The molecule has 0 N–H and O–H groups in total. The molecular formula is C24H30O12. The van der Waals surface area contributed by atoms with Crippen LogP contribution in [-0.2, 0) is 57.1 Å². The number of fused-ring (bicyclic) bond motifs is 1. The van der Waals surface area contributed by atoms with Crippen LogP contribution >= 0.6 is 0 Å². The van der Waals surface area contributed by atoms with Gasteiger partial charge in [0, 0.05) is 33.3 Å². The van der Waals surface area contributed by atoms with Gasteiger partial charge in [0.05, 0.1) is 25.4 Å². The Bertz CT molecular complexity index is 937. The molecule has 0 aromatic rings. The minimum Gasteiger partial charge on any atom is -0.471 e. The quantitative estimate of drug-likeness (QED) is 0.262. The Morgan fingerprint density at radius 2 is 1.58 bits per heavy atom. The molecule has 7 atom stereocenters. The Balaban J connectivity index is 1.96. The predicted octanol–water partition coefficient (Wildman–Crippen LogP) is 1.09. The number of carbonyl (C=O) groups excluding carboxylic acids is 4. The Hall–Kier alpha value is -3.22. The van der Waals surface area contributed by atoms with E-state index in [-0.39, 0.29) is 6.61 Å². The van der Waals surface area contributed by atoms with E-state index in [0.717, 1.165) is 31.9 Å². The summed E-state index contributed by atoms with van der Waals surface area (Å²) in [7, 11) is 0. The smallest absolute Gasteiger partial charge is 0.303 e. The fraction of sp³-hybridized carbons (Fsp3) is 0.583. The van der Waals surface area contributed by atoms with Crippen molar-refractivity contribution in [3.05, 3.63) is 36.1 Å². The van der Waals surface area contributed by atoms with Crippen molar-refractivity contribution < 1.29 is 57.1 Å². The van der Waals surface area contributed by atoms with Crippen LogP contribution in [0.3, 0.4) is 0 Å². The van der Waals surface area contributed by atoms with E-state index in [1.807, 2.05) is 6.08 Å². The molecule has 0 unspecified atom stereocenters. The van der Waals surface area contributed by atoms with Crippen LogP contribution in [0.5, 0.6) is 0 Å². The van der Waals surface area contributed by atoms with Crippen molar-refractivity contribution >= 4 is 23.9 Å². The van der Waals surface area contributed by atoms with Crippen molar-refractivity contribution in [3.63, 3.8) is 0 Å². The fourth-order valence-electron chi connectivity index (χ4n) is 4.15. The maximum absolute atomic E-state index is 12.0. The molecule has 1 fully saturated rings. The molecule has 0 bridgehead atoms. The molecule has 3 aliphatic rings. The van der Waals surface area contributed by atoms with E-state index in [9.17, 15) is 19.2 Å². The number of hydrogen-bond donors (Lipinski definition) is 0. The largest absolute Gasteiger partial charge is 0.471 e. The highest BCUT2D eigenvalue weighted by molar-refractivity contribution is 5.68. The Morgan fingerprint density at radius 3 is 2.19 bits per heavy atom. The maximum Gasteiger partial charge on any atom is 0.303 e. The van der Waals surface area contributed by atoms with E-state index >= 15 is 0 Å². The molecule has 12 nitrogen and oxygen atoms in total. The third kappa shape index (κ3) is 6.71. The van der Waals surface area contributed by atoms with Gasteiger partial charge in [-0.25, -0.2) is 0 Å². The molecule has 12 heteroatoms. The Morgan fingerprint density at radius 1 is 0.944 bits per heavy atom. The summed E-state index contributed by atoms with van der Waals surface area (Å²) in [5.74, 6) is -3.23. The van der Waals surface area contributed by atoms with Gasteiger partial charge in [0.1, 0.15) is 12.7 Å². The molecule has 3 heterocycles. The summed E-state index contributed by atoms with van der Waals surface area (Å²) in [5, 5.41) is 0. The first-order chi connectivity index (χ1) is 17.1. The first-order valence-corrected chi connectivity index (χ1v) is 11.3. The van der Waals surface area contributed by atoms with Gasteiger partial charge in [-0.3, -0.25) is 19.2 Å². The van der Waals surface area contributed by atoms with Gasteiger partial charge in [-0.05, 0) is 5.57 Å². The zero-order chi connectivity index (χ0) is 26.4. The summed E-state index contributed by atoms with van der Waals surface area (Å²) >= 11 is 0. The second-order valence-corrected chi connectivity index (χ2v) is 8.29. The summed E-state index contributed by atoms with van der Waals surface area (Å²) in [4.78, 5) is 47.3. The molecule has 0 saturated carbocycles. The van der Waals surface area contributed by atoms with Crippen LogP contribution in [0.2, 0.25) is 0 Å². The molecular weight excluding hydrogens is 480 g/mol. The van der Waals surface area contributed by atoms with Gasteiger partial charge in [0.2, 0.25) is 12.6 Å². The summed E-state index contributed by atoms with van der Waals surface area (Å²) in [6.45, 7) is 8.91. The van der Waals surface area contributed by atoms with E-state index < -0.39 is 66.8 Å². The van der Waals surface area contributed by atoms with E-state index in [1.165, 1.54) is 13.2 Å². The lowest BCUT2D eigenvalue weighted by molar-refractivity contribution is -0.339. The van der Waals surface area contributed by atoms with E-state index in [4.69, 9.17) is 37.9 Å². The van der Waals surface area contributed by atoms with Crippen LogP contribution in [0.25, 0.3) is 0 Å². The molecule has 3 aliphatic heterocycles. The van der Waals surface area contributed by atoms with Gasteiger partial charge >= 0.3 is 23.9 Å². The maximum atomic E-state index is 12.0. The molecule has 1 saturated heterocycles. The van der Waals surface area contributed by atoms with Crippen LogP contribution < -0.4 is 0 Å². The Kier molecular flexibility index (Phi) is 9.24. The molecule has 0 aromatic heterocycles. The van der Waals surface area contributed by atoms with Crippen molar-refractivity contribution in [2.24, 2.45) is 5.92 Å². The second kappa shape index (κ2) is 12.2. The normalized spacial score (nSPS) is 31.4. The molecule has 0 spiro atoms. The third-order valence-electron chi connectivity index (χ3n) is 5.52. The average Bonchev–Trinajstić information content (AvgIpc) is 2.80. The summed E-state index contributed by atoms with van der Waals surface area (Å²) in [6.07, 6.45) is -2.40. The average molecular weight is 510 g/mol. The number of rotatable bonds is 8. The van der Waals surface area contributed by atoms with Crippen molar-refractivity contribution in [2.75, 3.05) is 19.8 Å². The van der Waals surface area contributed by atoms with Gasteiger partial charge in [-0.2, -0.15) is 0 Å². The molecule has 198 valence electrons.